The molecule has 0 aliphatic rings. The quantitative estimate of drug-likeness (QED) is 0.752. The van der Waals surface area contributed by atoms with Crippen molar-refractivity contribution in [2.24, 2.45) is 5.73 Å². The van der Waals surface area contributed by atoms with E-state index in [0.29, 0.717) is 0 Å². The van der Waals surface area contributed by atoms with Gasteiger partial charge in [-0.05, 0) is 26.0 Å². The van der Waals surface area contributed by atoms with Gasteiger partial charge in [-0.1, -0.05) is 24.4 Å². The Morgan fingerprint density at radius 2 is 1.80 bits per heavy atom. The molecule has 0 bridgehead atoms. The molecule has 0 aromatic heterocycles. The van der Waals surface area contributed by atoms with Crippen molar-refractivity contribution in [2.45, 2.75) is 25.6 Å². The van der Waals surface area contributed by atoms with E-state index in [4.69, 9.17) is 18.0 Å². The van der Waals surface area contributed by atoms with Gasteiger partial charge in [0.1, 0.15) is 0 Å². The second-order valence-corrected chi connectivity index (χ2v) is 5.05. The molecule has 110 valence electrons. The Kier molecular flexibility index (Phi) is 4.59. The second kappa shape index (κ2) is 5.66. The van der Waals surface area contributed by atoms with E-state index in [1.165, 1.54) is 12.1 Å². The number of halogens is 3. The average Bonchev–Trinajstić information content (AvgIpc) is 2.26. The van der Waals surface area contributed by atoms with E-state index in [1.54, 1.807) is 13.8 Å². The topological polar surface area (TPSA) is 67.2 Å². The third-order valence-electron chi connectivity index (χ3n) is 2.52. The Morgan fingerprint density at radius 3 is 2.30 bits per heavy atom. The first-order valence-corrected chi connectivity index (χ1v) is 6.00. The van der Waals surface area contributed by atoms with Gasteiger partial charge in [0.2, 0.25) is 0 Å². The summed E-state index contributed by atoms with van der Waals surface area (Å²) in [6, 6.07) is 3.86. The van der Waals surface area contributed by atoms with Crippen LogP contribution in [-0.2, 0) is 6.18 Å². The Labute approximate surface area is 119 Å². The molecule has 0 heterocycles. The lowest BCUT2D eigenvalue weighted by molar-refractivity contribution is -0.136. The number of rotatable bonds is 3. The standard InChI is InChI=1S/C12H14F3N3OS/c1-11(2,9(16)20)18-10(19)17-8-6-4-3-5-7(8)12(13,14)15/h3-6H,1-2H3,(H2,16,20)(H2,17,18,19). The summed E-state index contributed by atoms with van der Waals surface area (Å²) in [5, 5.41) is 4.54. The highest BCUT2D eigenvalue weighted by molar-refractivity contribution is 7.80. The number of nitrogens with one attached hydrogen (secondary N) is 2. The number of alkyl halides is 3. The van der Waals surface area contributed by atoms with Crippen molar-refractivity contribution in [1.29, 1.82) is 0 Å². The van der Waals surface area contributed by atoms with Gasteiger partial charge in [-0.15, -0.1) is 0 Å². The third kappa shape index (κ3) is 4.09. The molecule has 8 heteroatoms. The second-order valence-electron chi connectivity index (χ2n) is 4.61. The van der Waals surface area contributed by atoms with Crippen LogP contribution in [0.4, 0.5) is 23.7 Å². The summed E-state index contributed by atoms with van der Waals surface area (Å²) in [7, 11) is 0. The minimum atomic E-state index is -4.55. The summed E-state index contributed by atoms with van der Waals surface area (Å²) in [6.45, 7) is 3.09. The molecule has 0 saturated carbocycles. The van der Waals surface area contributed by atoms with Crippen molar-refractivity contribution in [3.63, 3.8) is 0 Å². The SMILES string of the molecule is CC(C)(NC(=O)Nc1ccccc1C(F)(F)F)C(N)=S. The van der Waals surface area contributed by atoms with Crippen molar-refractivity contribution in [1.82, 2.24) is 5.32 Å². The number of benzene rings is 1. The average molecular weight is 305 g/mol. The highest BCUT2D eigenvalue weighted by Crippen LogP contribution is 2.34. The lowest BCUT2D eigenvalue weighted by Gasteiger charge is -2.25. The highest BCUT2D eigenvalue weighted by atomic mass is 32.1. The molecule has 0 fully saturated rings. The fourth-order valence-electron chi connectivity index (χ4n) is 1.34. The summed E-state index contributed by atoms with van der Waals surface area (Å²) in [5.41, 5.74) is 3.15. The summed E-state index contributed by atoms with van der Waals surface area (Å²) in [4.78, 5) is 11.7. The van der Waals surface area contributed by atoms with Crippen molar-refractivity contribution >= 4 is 28.9 Å². The van der Waals surface area contributed by atoms with Crippen molar-refractivity contribution < 1.29 is 18.0 Å². The maximum atomic E-state index is 12.8. The van der Waals surface area contributed by atoms with Crippen LogP contribution in [0.2, 0.25) is 0 Å². The first-order chi connectivity index (χ1) is 9.04. The fraction of sp³-hybridized carbons (Fsp3) is 0.333. The zero-order valence-electron chi connectivity index (χ0n) is 10.8. The van der Waals surface area contributed by atoms with Gasteiger partial charge in [0.25, 0.3) is 0 Å². The van der Waals surface area contributed by atoms with Crippen LogP contribution >= 0.6 is 12.2 Å². The molecule has 0 unspecified atom stereocenters. The van der Waals surface area contributed by atoms with Gasteiger partial charge in [0.05, 0.1) is 21.8 Å². The molecule has 2 amide bonds. The van der Waals surface area contributed by atoms with E-state index in [1.807, 2.05) is 0 Å². The summed E-state index contributed by atoms with van der Waals surface area (Å²) in [6.07, 6.45) is -4.55. The number of amides is 2. The molecule has 0 atom stereocenters. The first kappa shape index (κ1) is 16.2. The van der Waals surface area contributed by atoms with Gasteiger partial charge in [0.15, 0.2) is 0 Å². The Bertz CT molecular complexity index is 529. The van der Waals surface area contributed by atoms with Crippen molar-refractivity contribution in [3.05, 3.63) is 29.8 Å². The maximum Gasteiger partial charge on any atom is 0.418 e. The minimum Gasteiger partial charge on any atom is -0.391 e. The van der Waals surface area contributed by atoms with E-state index < -0.39 is 23.3 Å². The Balaban J connectivity index is 2.90. The van der Waals surface area contributed by atoms with E-state index in [0.717, 1.165) is 12.1 Å². The lowest BCUT2D eigenvalue weighted by Crippen LogP contribution is -2.53. The highest BCUT2D eigenvalue weighted by Gasteiger charge is 2.34. The monoisotopic (exact) mass is 305 g/mol. The van der Waals surface area contributed by atoms with Gasteiger partial charge in [-0.25, -0.2) is 4.79 Å². The first-order valence-electron chi connectivity index (χ1n) is 5.59. The Morgan fingerprint density at radius 1 is 1.25 bits per heavy atom. The van der Waals surface area contributed by atoms with Gasteiger partial charge in [-0.3, -0.25) is 0 Å². The number of carbonyl (C=O) groups is 1. The molecule has 1 aromatic carbocycles. The van der Waals surface area contributed by atoms with E-state index >= 15 is 0 Å². The summed E-state index contributed by atoms with van der Waals surface area (Å²) in [5.74, 6) is 0. The maximum absolute atomic E-state index is 12.8. The van der Waals surface area contributed by atoms with Crippen LogP contribution in [0.3, 0.4) is 0 Å². The third-order valence-corrected chi connectivity index (χ3v) is 3.03. The molecule has 4 nitrogen and oxygen atoms in total. The van der Waals surface area contributed by atoms with Crippen LogP contribution in [0, 0.1) is 0 Å². The zero-order chi connectivity index (χ0) is 15.6. The molecular formula is C12H14F3N3OS. The normalized spacial score (nSPS) is 11.8. The number of carbonyl (C=O) groups excluding carboxylic acids is 1. The van der Waals surface area contributed by atoms with Crippen LogP contribution < -0.4 is 16.4 Å². The van der Waals surface area contributed by atoms with Crippen LogP contribution in [0.5, 0.6) is 0 Å². The molecule has 0 radical (unpaired) electrons. The number of nitrogens with two attached hydrogens (primary N) is 1. The van der Waals surface area contributed by atoms with Crippen LogP contribution in [0.1, 0.15) is 19.4 Å². The largest absolute Gasteiger partial charge is 0.418 e. The predicted molar refractivity (Wildman–Crippen MR) is 74.5 cm³/mol. The van der Waals surface area contributed by atoms with Gasteiger partial charge < -0.3 is 16.4 Å². The number of hydrogen-bond donors (Lipinski definition) is 3. The van der Waals surface area contributed by atoms with E-state index in [-0.39, 0.29) is 10.7 Å². The zero-order valence-corrected chi connectivity index (χ0v) is 11.7. The molecule has 0 aliphatic heterocycles. The minimum absolute atomic E-state index is 0.0248. The molecule has 20 heavy (non-hydrogen) atoms. The fourth-order valence-corrected chi connectivity index (χ4v) is 1.39. The van der Waals surface area contributed by atoms with Crippen molar-refractivity contribution in [3.8, 4) is 0 Å². The molecular weight excluding hydrogens is 291 g/mol. The van der Waals surface area contributed by atoms with Crippen LogP contribution in [0.25, 0.3) is 0 Å². The molecule has 1 aromatic rings. The van der Waals surface area contributed by atoms with E-state index in [9.17, 15) is 18.0 Å². The molecule has 0 saturated heterocycles. The molecule has 0 spiro atoms. The predicted octanol–water partition coefficient (Wildman–Crippen LogP) is 2.89. The summed E-state index contributed by atoms with van der Waals surface area (Å²) < 4.78 is 38.3. The molecule has 4 N–H and O–H groups in total. The van der Waals surface area contributed by atoms with Crippen molar-refractivity contribution in [2.75, 3.05) is 5.32 Å². The smallest absolute Gasteiger partial charge is 0.391 e. The molecule has 0 aliphatic carbocycles. The van der Waals surface area contributed by atoms with Gasteiger partial charge >= 0.3 is 12.2 Å². The van der Waals surface area contributed by atoms with Crippen LogP contribution in [0.15, 0.2) is 24.3 Å². The van der Waals surface area contributed by atoms with E-state index in [2.05, 4.69) is 10.6 Å². The van der Waals surface area contributed by atoms with Crippen LogP contribution in [-0.4, -0.2) is 16.6 Å². The molecule has 1 rings (SSSR count). The summed E-state index contributed by atoms with van der Waals surface area (Å²) >= 11 is 4.75. The number of anilines is 1. The number of para-hydroxylation sites is 1. The Hall–Kier alpha value is -1.83. The number of thiocarbonyl (C=S) groups is 1. The van der Waals surface area contributed by atoms with Gasteiger partial charge in [0, 0.05) is 0 Å². The van der Waals surface area contributed by atoms with Gasteiger partial charge in [-0.2, -0.15) is 13.2 Å². The lowest BCUT2D eigenvalue weighted by atomic mass is 10.1. The number of urea groups is 1. The number of hydrogen-bond acceptors (Lipinski definition) is 2.